The first-order valence-corrected chi connectivity index (χ1v) is 7.51. The Balaban J connectivity index is 1.54. The summed E-state index contributed by atoms with van der Waals surface area (Å²) in [6.45, 7) is 4.42. The molecule has 3 rings (SSSR count). The smallest absolute Gasteiger partial charge is 0.161 e. The summed E-state index contributed by atoms with van der Waals surface area (Å²) < 4.78 is 12.9. The molecule has 0 saturated carbocycles. The molecule has 0 aliphatic carbocycles. The van der Waals surface area contributed by atoms with Crippen molar-refractivity contribution in [1.82, 2.24) is 15.1 Å². The Labute approximate surface area is 129 Å². The molecule has 22 heavy (non-hydrogen) atoms. The Morgan fingerprint density at radius 1 is 1.32 bits per heavy atom. The summed E-state index contributed by atoms with van der Waals surface area (Å²) in [4.78, 5) is 0. The van der Waals surface area contributed by atoms with Crippen LogP contribution < -0.4 is 14.8 Å². The highest BCUT2D eigenvalue weighted by Gasteiger charge is 2.16. The van der Waals surface area contributed by atoms with Gasteiger partial charge in [-0.3, -0.25) is 4.68 Å². The zero-order valence-electron chi connectivity index (χ0n) is 12.6. The van der Waals surface area contributed by atoms with Crippen molar-refractivity contribution in [1.29, 1.82) is 0 Å². The highest BCUT2D eigenvalue weighted by Crippen LogP contribution is 2.32. The molecule has 1 aliphatic rings. The summed E-state index contributed by atoms with van der Waals surface area (Å²) in [5, 5.41) is 17.8. The van der Waals surface area contributed by atoms with Crippen LogP contribution in [0.25, 0.3) is 0 Å². The number of ether oxygens (including phenoxy) is 2. The summed E-state index contributed by atoms with van der Waals surface area (Å²) >= 11 is 0. The minimum atomic E-state index is -0.587. The van der Waals surface area contributed by atoms with Crippen molar-refractivity contribution < 1.29 is 14.6 Å². The van der Waals surface area contributed by atoms with E-state index in [1.807, 2.05) is 35.1 Å². The highest BCUT2D eigenvalue weighted by molar-refractivity contribution is 5.44. The summed E-state index contributed by atoms with van der Waals surface area (Å²) in [5.74, 6) is 1.44. The normalized spacial score (nSPS) is 16.3. The van der Waals surface area contributed by atoms with E-state index in [1.165, 1.54) is 0 Å². The molecule has 0 fully saturated rings. The number of nitrogens with one attached hydrogen (secondary N) is 1. The lowest BCUT2D eigenvalue weighted by Crippen LogP contribution is -2.33. The average Bonchev–Trinajstić information content (AvgIpc) is 3.05. The van der Waals surface area contributed by atoms with Gasteiger partial charge in [0.1, 0.15) is 13.2 Å². The van der Waals surface area contributed by atoms with Gasteiger partial charge in [0.15, 0.2) is 11.5 Å². The van der Waals surface area contributed by atoms with E-state index >= 15 is 0 Å². The Bertz CT molecular complexity index is 601. The van der Waals surface area contributed by atoms with Gasteiger partial charge < -0.3 is 19.9 Å². The third kappa shape index (κ3) is 3.58. The van der Waals surface area contributed by atoms with Crippen LogP contribution in [0.2, 0.25) is 0 Å². The van der Waals surface area contributed by atoms with Crippen molar-refractivity contribution in [2.24, 2.45) is 0 Å². The van der Waals surface area contributed by atoms with E-state index in [4.69, 9.17) is 9.47 Å². The quantitative estimate of drug-likeness (QED) is 0.843. The minimum absolute atomic E-state index is 0.215. The molecule has 118 valence electrons. The summed E-state index contributed by atoms with van der Waals surface area (Å²) in [7, 11) is 0. The zero-order chi connectivity index (χ0) is 15.4. The van der Waals surface area contributed by atoms with Crippen LogP contribution >= 0.6 is 0 Å². The van der Waals surface area contributed by atoms with Crippen molar-refractivity contribution >= 4 is 0 Å². The van der Waals surface area contributed by atoms with E-state index in [0.29, 0.717) is 25.5 Å². The lowest BCUT2D eigenvalue weighted by atomic mass is 10.1. The lowest BCUT2D eigenvalue weighted by molar-refractivity contribution is 0.160. The molecule has 2 N–H and O–H groups in total. The maximum atomic E-state index is 10.3. The Morgan fingerprint density at radius 3 is 2.91 bits per heavy atom. The molecule has 0 radical (unpaired) electrons. The molecule has 6 heteroatoms. The summed E-state index contributed by atoms with van der Waals surface area (Å²) in [6.07, 6.45) is 3.10. The van der Waals surface area contributed by atoms with Crippen molar-refractivity contribution in [3.63, 3.8) is 0 Å². The standard InChI is InChI=1S/C16H21N3O3/c1-12(11-19-6-2-5-18-19)17-10-14(20)13-3-4-15-16(9-13)22-8-7-21-15/h2-6,9,12,14,17,20H,7-8,10-11H2,1H3. The fourth-order valence-electron chi connectivity index (χ4n) is 2.45. The van der Waals surface area contributed by atoms with E-state index in [2.05, 4.69) is 17.3 Å². The predicted octanol–water partition coefficient (Wildman–Crippen LogP) is 1.37. The van der Waals surface area contributed by atoms with Gasteiger partial charge in [-0.1, -0.05) is 6.07 Å². The highest BCUT2D eigenvalue weighted by atomic mass is 16.6. The zero-order valence-corrected chi connectivity index (χ0v) is 12.6. The number of aromatic nitrogens is 2. The van der Waals surface area contributed by atoms with Crippen LogP contribution in [0, 0.1) is 0 Å². The molecular weight excluding hydrogens is 282 g/mol. The fraction of sp³-hybridized carbons (Fsp3) is 0.438. The second-order valence-electron chi connectivity index (χ2n) is 5.46. The number of hydrogen-bond donors (Lipinski definition) is 2. The van der Waals surface area contributed by atoms with Crippen molar-refractivity contribution in [2.75, 3.05) is 19.8 Å². The topological polar surface area (TPSA) is 68.5 Å². The number of benzene rings is 1. The summed E-state index contributed by atoms with van der Waals surface area (Å²) in [6, 6.07) is 7.68. The molecule has 1 aromatic heterocycles. The van der Waals surface area contributed by atoms with Crippen LogP contribution in [0.5, 0.6) is 11.5 Å². The Kier molecular flexibility index (Phi) is 4.60. The monoisotopic (exact) mass is 303 g/mol. The van der Waals surface area contributed by atoms with E-state index in [1.54, 1.807) is 6.20 Å². The molecule has 2 atom stereocenters. The Morgan fingerprint density at radius 2 is 2.14 bits per heavy atom. The maximum absolute atomic E-state index is 10.3. The second kappa shape index (κ2) is 6.81. The third-order valence-corrected chi connectivity index (χ3v) is 3.63. The predicted molar refractivity (Wildman–Crippen MR) is 82.1 cm³/mol. The minimum Gasteiger partial charge on any atom is -0.486 e. The van der Waals surface area contributed by atoms with E-state index < -0.39 is 6.10 Å². The number of nitrogens with zero attached hydrogens (tertiary/aromatic N) is 2. The van der Waals surface area contributed by atoms with Crippen LogP contribution in [0.15, 0.2) is 36.7 Å². The maximum Gasteiger partial charge on any atom is 0.161 e. The molecule has 0 saturated heterocycles. The van der Waals surface area contributed by atoms with Gasteiger partial charge in [0.2, 0.25) is 0 Å². The van der Waals surface area contributed by atoms with Gasteiger partial charge in [-0.15, -0.1) is 0 Å². The molecular formula is C16H21N3O3. The van der Waals surface area contributed by atoms with Gasteiger partial charge >= 0.3 is 0 Å². The number of fused-ring (bicyclic) bond motifs is 1. The third-order valence-electron chi connectivity index (χ3n) is 3.63. The molecule has 2 aromatic rings. The molecule has 1 aromatic carbocycles. The number of aliphatic hydroxyl groups excluding tert-OH is 1. The van der Waals surface area contributed by atoms with Crippen molar-refractivity contribution in [2.45, 2.75) is 25.6 Å². The van der Waals surface area contributed by atoms with Gasteiger partial charge in [-0.25, -0.2) is 0 Å². The first kappa shape index (κ1) is 14.9. The van der Waals surface area contributed by atoms with Crippen LogP contribution in [-0.2, 0) is 6.54 Å². The average molecular weight is 303 g/mol. The van der Waals surface area contributed by atoms with Crippen molar-refractivity contribution in [3.05, 3.63) is 42.2 Å². The second-order valence-corrected chi connectivity index (χ2v) is 5.46. The van der Waals surface area contributed by atoms with E-state index in [0.717, 1.165) is 17.9 Å². The molecule has 6 nitrogen and oxygen atoms in total. The van der Waals surface area contributed by atoms with Gasteiger partial charge in [0.05, 0.1) is 12.6 Å². The molecule has 2 heterocycles. The number of aliphatic hydroxyl groups is 1. The van der Waals surface area contributed by atoms with E-state index in [-0.39, 0.29) is 6.04 Å². The van der Waals surface area contributed by atoms with E-state index in [9.17, 15) is 5.11 Å². The molecule has 1 aliphatic heterocycles. The van der Waals surface area contributed by atoms with Gasteiger partial charge in [0, 0.05) is 25.0 Å². The van der Waals surface area contributed by atoms with Gasteiger partial charge in [-0.05, 0) is 30.7 Å². The van der Waals surface area contributed by atoms with Crippen LogP contribution in [-0.4, -0.2) is 40.7 Å². The number of rotatable bonds is 6. The van der Waals surface area contributed by atoms with Gasteiger partial charge in [-0.2, -0.15) is 5.10 Å². The fourth-order valence-corrected chi connectivity index (χ4v) is 2.45. The summed E-state index contributed by atoms with van der Waals surface area (Å²) in [5.41, 5.74) is 0.822. The van der Waals surface area contributed by atoms with Gasteiger partial charge in [0.25, 0.3) is 0 Å². The number of hydrogen-bond acceptors (Lipinski definition) is 5. The Hall–Kier alpha value is -2.05. The largest absolute Gasteiger partial charge is 0.486 e. The first-order valence-electron chi connectivity index (χ1n) is 7.51. The van der Waals surface area contributed by atoms with Crippen LogP contribution in [0.1, 0.15) is 18.6 Å². The molecule has 0 spiro atoms. The lowest BCUT2D eigenvalue weighted by Gasteiger charge is -2.21. The molecule has 0 amide bonds. The molecule has 0 bridgehead atoms. The van der Waals surface area contributed by atoms with Crippen molar-refractivity contribution in [3.8, 4) is 11.5 Å². The SMILES string of the molecule is CC(Cn1cccn1)NCC(O)c1ccc2c(c1)OCCO2. The first-order chi connectivity index (χ1) is 10.7. The van der Waals surface area contributed by atoms with Crippen LogP contribution in [0.4, 0.5) is 0 Å². The molecule has 2 unspecified atom stereocenters. The van der Waals surface area contributed by atoms with Crippen LogP contribution in [0.3, 0.4) is 0 Å².